The molecule has 3 aromatic rings. The summed E-state index contributed by atoms with van der Waals surface area (Å²) < 4.78 is 1.63. The lowest BCUT2D eigenvalue weighted by atomic mass is 10.1. The van der Waals surface area contributed by atoms with Gasteiger partial charge >= 0.3 is 0 Å². The molecule has 0 aliphatic carbocycles. The van der Waals surface area contributed by atoms with E-state index in [0.29, 0.717) is 17.8 Å². The molecular formula is C17H18N6S. The zero-order valence-electron chi connectivity index (χ0n) is 13.4. The zero-order chi connectivity index (χ0) is 16.9. The van der Waals surface area contributed by atoms with E-state index in [1.54, 1.807) is 16.0 Å². The highest BCUT2D eigenvalue weighted by atomic mass is 32.1. The highest BCUT2D eigenvalue weighted by Gasteiger charge is 2.16. The molecule has 0 radical (unpaired) electrons. The van der Waals surface area contributed by atoms with Gasteiger partial charge in [-0.25, -0.2) is 9.67 Å². The number of rotatable bonds is 6. The number of para-hydroxylation sites is 1. The first-order valence-electron chi connectivity index (χ1n) is 7.68. The monoisotopic (exact) mass is 338 g/mol. The number of nitrogen functional groups attached to an aromatic ring is 1. The predicted molar refractivity (Wildman–Crippen MR) is 96.4 cm³/mol. The van der Waals surface area contributed by atoms with Crippen LogP contribution in [0.3, 0.4) is 0 Å². The second-order valence-corrected chi connectivity index (χ2v) is 6.61. The van der Waals surface area contributed by atoms with E-state index < -0.39 is 0 Å². The van der Waals surface area contributed by atoms with Crippen LogP contribution in [0.4, 0.5) is 10.9 Å². The van der Waals surface area contributed by atoms with Gasteiger partial charge < -0.3 is 11.1 Å². The second kappa shape index (κ2) is 7.15. The average Bonchev–Trinajstić information content (AvgIpc) is 3.15. The Bertz CT molecular complexity index is 859. The van der Waals surface area contributed by atoms with E-state index in [2.05, 4.69) is 21.5 Å². The third-order valence-corrected chi connectivity index (χ3v) is 4.46. The smallest absolute Gasteiger partial charge is 0.182 e. The number of benzene rings is 1. The molecule has 0 fully saturated rings. The third kappa shape index (κ3) is 3.39. The Morgan fingerprint density at radius 1 is 1.33 bits per heavy atom. The quantitative estimate of drug-likeness (QED) is 0.674. The van der Waals surface area contributed by atoms with Gasteiger partial charge in [0.2, 0.25) is 0 Å². The Morgan fingerprint density at radius 3 is 2.79 bits per heavy atom. The molecule has 0 saturated heterocycles. The predicted octanol–water partition coefficient (Wildman–Crippen LogP) is 3.14. The number of hydrogen-bond donors (Lipinski definition) is 2. The van der Waals surface area contributed by atoms with Crippen molar-refractivity contribution < 1.29 is 0 Å². The maximum atomic E-state index is 9.39. The van der Waals surface area contributed by atoms with Crippen LogP contribution in [0.1, 0.15) is 22.6 Å². The number of nitrogens with one attached hydrogen (secondary N) is 1. The largest absolute Gasteiger partial charge is 0.382 e. The van der Waals surface area contributed by atoms with E-state index in [4.69, 9.17) is 5.73 Å². The first-order chi connectivity index (χ1) is 11.7. The van der Waals surface area contributed by atoms with Crippen molar-refractivity contribution in [1.29, 1.82) is 5.26 Å². The number of hydrogen-bond acceptors (Lipinski definition) is 6. The fourth-order valence-corrected chi connectivity index (χ4v) is 3.12. The summed E-state index contributed by atoms with van der Waals surface area (Å²) in [7, 11) is 0. The summed E-state index contributed by atoms with van der Waals surface area (Å²) in [5, 5.41) is 18.1. The molecule has 0 aliphatic rings. The molecule has 0 amide bonds. The summed E-state index contributed by atoms with van der Waals surface area (Å²) in [5.74, 6) is 0.391. The van der Waals surface area contributed by atoms with Gasteiger partial charge in [-0.15, -0.1) is 11.3 Å². The van der Waals surface area contributed by atoms with Crippen molar-refractivity contribution >= 4 is 22.3 Å². The molecule has 0 saturated carbocycles. The van der Waals surface area contributed by atoms with Crippen LogP contribution in [0, 0.1) is 18.3 Å². The average molecular weight is 338 g/mol. The minimum absolute atomic E-state index is 0.391. The van der Waals surface area contributed by atoms with E-state index >= 15 is 0 Å². The fraction of sp³-hybridized carbons (Fsp3) is 0.235. The summed E-state index contributed by atoms with van der Waals surface area (Å²) in [6, 6.07) is 11.8. The number of nitrogens with two attached hydrogens (primary N) is 1. The summed E-state index contributed by atoms with van der Waals surface area (Å²) in [4.78, 5) is 5.45. The lowest BCUT2D eigenvalue weighted by molar-refractivity contribution is 0.790. The Labute approximate surface area is 144 Å². The van der Waals surface area contributed by atoms with Crippen LogP contribution >= 0.6 is 11.3 Å². The number of aromatic nitrogens is 3. The minimum Gasteiger partial charge on any atom is -0.382 e. The van der Waals surface area contributed by atoms with Gasteiger partial charge in [0, 0.05) is 17.6 Å². The van der Waals surface area contributed by atoms with E-state index in [0.717, 1.165) is 29.5 Å². The second-order valence-electron chi connectivity index (χ2n) is 5.37. The van der Waals surface area contributed by atoms with Crippen molar-refractivity contribution in [3.63, 3.8) is 0 Å². The molecule has 0 unspecified atom stereocenters. The molecule has 122 valence electrons. The van der Waals surface area contributed by atoms with Crippen molar-refractivity contribution in [2.24, 2.45) is 0 Å². The summed E-state index contributed by atoms with van der Waals surface area (Å²) in [5.41, 5.74) is 8.15. The molecule has 3 rings (SSSR count). The summed E-state index contributed by atoms with van der Waals surface area (Å²) in [6.07, 6.45) is 3.38. The van der Waals surface area contributed by atoms with E-state index in [9.17, 15) is 5.26 Å². The Hall–Kier alpha value is -2.85. The van der Waals surface area contributed by atoms with Crippen LogP contribution in [-0.2, 0) is 6.42 Å². The van der Waals surface area contributed by atoms with Gasteiger partial charge in [-0.05, 0) is 31.9 Å². The van der Waals surface area contributed by atoms with Crippen molar-refractivity contribution in [2.45, 2.75) is 19.8 Å². The van der Waals surface area contributed by atoms with Gasteiger partial charge in [-0.1, -0.05) is 18.2 Å². The van der Waals surface area contributed by atoms with Crippen LogP contribution < -0.4 is 11.1 Å². The van der Waals surface area contributed by atoms with Crippen LogP contribution in [0.2, 0.25) is 0 Å². The zero-order valence-corrected chi connectivity index (χ0v) is 14.2. The number of aryl methyl sites for hydroxylation is 2. The topological polar surface area (TPSA) is 92.6 Å². The van der Waals surface area contributed by atoms with E-state index in [1.807, 2.05) is 43.5 Å². The first kappa shape index (κ1) is 16.0. The van der Waals surface area contributed by atoms with Crippen LogP contribution in [0.25, 0.3) is 5.69 Å². The molecule has 2 aromatic heterocycles. The van der Waals surface area contributed by atoms with Crippen molar-refractivity contribution in [3.8, 4) is 11.8 Å². The Kier molecular flexibility index (Phi) is 4.77. The van der Waals surface area contributed by atoms with Gasteiger partial charge in [0.15, 0.2) is 5.13 Å². The van der Waals surface area contributed by atoms with Gasteiger partial charge in [0.25, 0.3) is 0 Å². The molecule has 0 atom stereocenters. The number of anilines is 2. The van der Waals surface area contributed by atoms with Gasteiger partial charge in [-0.2, -0.15) is 10.4 Å². The molecule has 0 spiro atoms. The van der Waals surface area contributed by atoms with Crippen LogP contribution in [-0.4, -0.2) is 21.3 Å². The fourth-order valence-electron chi connectivity index (χ4n) is 2.43. The number of thiazole rings is 1. The van der Waals surface area contributed by atoms with Crippen LogP contribution in [0.5, 0.6) is 0 Å². The highest BCUT2D eigenvalue weighted by molar-refractivity contribution is 7.15. The van der Waals surface area contributed by atoms with Gasteiger partial charge in [0.1, 0.15) is 17.5 Å². The molecule has 6 nitrogen and oxygen atoms in total. The van der Waals surface area contributed by atoms with Crippen molar-refractivity contribution in [3.05, 3.63) is 52.7 Å². The third-order valence-electron chi connectivity index (χ3n) is 3.59. The van der Waals surface area contributed by atoms with Crippen molar-refractivity contribution in [1.82, 2.24) is 14.8 Å². The molecule has 2 heterocycles. The SMILES string of the molecule is Cc1cnc(NCCCc2nn(-c3ccccc3)c(N)c2C#N)s1. The van der Waals surface area contributed by atoms with Gasteiger partial charge in [0.05, 0.1) is 11.4 Å². The number of nitrogens with zero attached hydrogens (tertiary/aromatic N) is 4. The van der Waals surface area contributed by atoms with Gasteiger partial charge in [-0.3, -0.25) is 0 Å². The van der Waals surface area contributed by atoms with E-state index in [-0.39, 0.29) is 0 Å². The first-order valence-corrected chi connectivity index (χ1v) is 8.50. The van der Waals surface area contributed by atoms with Crippen molar-refractivity contribution in [2.75, 3.05) is 17.6 Å². The molecule has 7 heteroatoms. The molecule has 3 N–H and O–H groups in total. The number of nitriles is 1. The Morgan fingerprint density at radius 2 is 2.12 bits per heavy atom. The lowest BCUT2D eigenvalue weighted by Crippen LogP contribution is -2.04. The molecule has 0 aliphatic heterocycles. The normalized spacial score (nSPS) is 10.5. The lowest BCUT2D eigenvalue weighted by Gasteiger charge is -2.02. The Balaban J connectivity index is 1.68. The maximum absolute atomic E-state index is 9.39. The standard InChI is InChI=1S/C17H18N6S/c1-12-11-21-17(24-12)20-9-5-8-15-14(10-18)16(19)23(22-15)13-6-3-2-4-7-13/h2-4,6-7,11H,5,8-9,19H2,1H3,(H,20,21). The van der Waals surface area contributed by atoms with E-state index in [1.165, 1.54) is 4.88 Å². The molecular weight excluding hydrogens is 320 g/mol. The minimum atomic E-state index is 0.391. The maximum Gasteiger partial charge on any atom is 0.182 e. The molecule has 24 heavy (non-hydrogen) atoms. The summed E-state index contributed by atoms with van der Waals surface area (Å²) in [6.45, 7) is 2.80. The highest BCUT2D eigenvalue weighted by Crippen LogP contribution is 2.22. The summed E-state index contributed by atoms with van der Waals surface area (Å²) >= 11 is 1.63. The molecule has 0 bridgehead atoms. The van der Waals surface area contributed by atoms with Crippen LogP contribution in [0.15, 0.2) is 36.5 Å². The molecule has 1 aromatic carbocycles.